The van der Waals surface area contributed by atoms with Crippen molar-refractivity contribution in [1.29, 1.82) is 0 Å². The van der Waals surface area contributed by atoms with Crippen LogP contribution in [0.1, 0.15) is 11.1 Å². The molecule has 0 unspecified atom stereocenters. The number of benzene rings is 2. The second-order valence-corrected chi connectivity index (χ2v) is 7.49. The topological polar surface area (TPSA) is 9.23 Å². The normalized spacial score (nSPS) is 11.4. The van der Waals surface area contributed by atoms with Gasteiger partial charge < -0.3 is 4.74 Å². The van der Waals surface area contributed by atoms with Crippen molar-refractivity contribution in [3.63, 3.8) is 0 Å². The number of rotatable bonds is 7. The first kappa shape index (κ1) is 19.8. The summed E-state index contributed by atoms with van der Waals surface area (Å²) in [6.07, 6.45) is -4.30. The van der Waals surface area contributed by atoms with Crippen molar-refractivity contribution in [3.8, 4) is 5.75 Å². The van der Waals surface area contributed by atoms with Gasteiger partial charge in [0, 0.05) is 21.3 Å². The highest BCUT2D eigenvalue weighted by atomic mass is 32.2. The highest BCUT2D eigenvalue weighted by molar-refractivity contribution is 8.00. The first-order valence-corrected chi connectivity index (χ1v) is 9.33. The first-order valence-electron chi connectivity index (χ1n) is 7.36. The van der Waals surface area contributed by atoms with Crippen LogP contribution in [0, 0.1) is 14.0 Å². The molecule has 2 radical (unpaired) electrons. The van der Waals surface area contributed by atoms with E-state index in [4.69, 9.17) is 11.8 Å². The van der Waals surface area contributed by atoms with Crippen LogP contribution < -0.4 is 4.74 Å². The lowest BCUT2D eigenvalue weighted by Crippen LogP contribution is -2.03. The average molecular weight is 382 g/mol. The molecule has 0 saturated carbocycles. The Hall–Kier alpha value is -1.53. The van der Waals surface area contributed by atoms with Crippen LogP contribution in [0.25, 0.3) is 0 Å². The molecule has 0 heterocycles. The SMILES string of the molecule is [CH]Oc1ccc(SCC(=C)CSc2ccc(C(F)(F)F)cc2)cc1C. The highest BCUT2D eigenvalue weighted by Crippen LogP contribution is 2.32. The summed E-state index contributed by atoms with van der Waals surface area (Å²) < 4.78 is 42.3. The van der Waals surface area contributed by atoms with Crippen LogP contribution in [0.15, 0.2) is 64.4 Å². The summed E-state index contributed by atoms with van der Waals surface area (Å²) in [7, 11) is 5.16. The Labute approximate surface area is 154 Å². The Morgan fingerprint density at radius 1 is 1.04 bits per heavy atom. The van der Waals surface area contributed by atoms with E-state index in [1.807, 2.05) is 25.1 Å². The molecule has 2 aromatic carbocycles. The number of thioether (sulfide) groups is 2. The fourth-order valence-electron chi connectivity index (χ4n) is 2.00. The lowest BCUT2D eigenvalue weighted by molar-refractivity contribution is -0.137. The van der Waals surface area contributed by atoms with Gasteiger partial charge in [-0.25, -0.2) is 0 Å². The Morgan fingerprint density at radius 3 is 2.12 bits per heavy atom. The summed E-state index contributed by atoms with van der Waals surface area (Å²) in [5.74, 6) is 2.03. The molecular formula is C19H17F3OS2. The smallest absolute Gasteiger partial charge is 0.416 e. The van der Waals surface area contributed by atoms with Gasteiger partial charge in [-0.15, -0.1) is 23.5 Å². The highest BCUT2D eigenvalue weighted by Gasteiger charge is 2.29. The molecule has 25 heavy (non-hydrogen) atoms. The van der Waals surface area contributed by atoms with Crippen LogP contribution in [-0.4, -0.2) is 11.5 Å². The van der Waals surface area contributed by atoms with Crippen molar-refractivity contribution >= 4 is 23.5 Å². The molecule has 0 fully saturated rings. The maximum atomic E-state index is 12.5. The standard InChI is InChI=1S/C19H17F3OS2/c1-13(12-25-17-8-9-18(23-3)14(2)10-17)11-24-16-6-4-15(5-7-16)19(20,21)22/h3-10H,1,11-12H2,2H3. The van der Waals surface area contributed by atoms with Crippen LogP contribution in [-0.2, 0) is 6.18 Å². The molecule has 0 aliphatic rings. The van der Waals surface area contributed by atoms with Crippen molar-refractivity contribution < 1.29 is 17.9 Å². The van der Waals surface area contributed by atoms with Crippen LogP contribution in [0.3, 0.4) is 0 Å². The van der Waals surface area contributed by atoms with Crippen molar-refractivity contribution in [2.75, 3.05) is 11.5 Å². The van der Waals surface area contributed by atoms with Crippen molar-refractivity contribution in [1.82, 2.24) is 0 Å². The molecule has 0 amide bonds. The molecule has 0 spiro atoms. The van der Waals surface area contributed by atoms with E-state index >= 15 is 0 Å². The largest absolute Gasteiger partial charge is 0.482 e. The Kier molecular flexibility index (Phi) is 6.90. The summed E-state index contributed by atoms with van der Waals surface area (Å²) in [5, 5.41) is 0. The predicted molar refractivity (Wildman–Crippen MR) is 98.1 cm³/mol. The molecule has 0 bridgehead atoms. The predicted octanol–water partition coefficient (Wildman–Crippen LogP) is 6.50. The van der Waals surface area contributed by atoms with Gasteiger partial charge in [0.05, 0.1) is 5.56 Å². The minimum absolute atomic E-state index is 0.633. The number of ether oxygens (including phenoxy) is 1. The lowest BCUT2D eigenvalue weighted by atomic mass is 10.2. The third-order valence-electron chi connectivity index (χ3n) is 3.34. The quantitative estimate of drug-likeness (QED) is 0.399. The van der Waals surface area contributed by atoms with Gasteiger partial charge in [-0.2, -0.15) is 13.2 Å². The zero-order valence-corrected chi connectivity index (χ0v) is 15.2. The Bertz CT molecular complexity index is 724. The minimum atomic E-state index is -4.30. The number of aryl methyl sites for hydroxylation is 1. The molecule has 0 aliphatic heterocycles. The van der Waals surface area contributed by atoms with Gasteiger partial charge in [-0.05, 0) is 55.0 Å². The molecule has 2 aromatic rings. The van der Waals surface area contributed by atoms with Crippen LogP contribution in [0.2, 0.25) is 0 Å². The summed E-state index contributed by atoms with van der Waals surface area (Å²) >= 11 is 3.12. The van der Waals surface area contributed by atoms with Gasteiger partial charge >= 0.3 is 6.18 Å². The zero-order chi connectivity index (χ0) is 18.4. The van der Waals surface area contributed by atoms with E-state index < -0.39 is 11.7 Å². The van der Waals surface area contributed by atoms with E-state index in [9.17, 15) is 13.2 Å². The maximum Gasteiger partial charge on any atom is 0.416 e. The van der Waals surface area contributed by atoms with Crippen molar-refractivity contribution in [3.05, 3.63) is 72.9 Å². The fourth-order valence-corrected chi connectivity index (χ4v) is 3.82. The third kappa shape index (κ3) is 6.04. The summed E-state index contributed by atoms with van der Waals surface area (Å²) in [6.45, 7) is 5.95. The second-order valence-electron chi connectivity index (χ2n) is 5.39. The molecule has 0 atom stereocenters. The molecule has 2 rings (SSSR count). The summed E-state index contributed by atoms with van der Waals surface area (Å²) in [6, 6.07) is 10.9. The van der Waals surface area contributed by atoms with Gasteiger partial charge in [0.1, 0.15) is 5.75 Å². The van der Waals surface area contributed by atoms with Crippen LogP contribution in [0.4, 0.5) is 13.2 Å². The summed E-state index contributed by atoms with van der Waals surface area (Å²) in [4.78, 5) is 1.87. The van der Waals surface area contributed by atoms with Crippen LogP contribution >= 0.6 is 23.5 Å². The first-order chi connectivity index (χ1) is 11.8. The molecular weight excluding hydrogens is 365 g/mol. The molecule has 132 valence electrons. The Balaban J connectivity index is 1.82. The number of hydrogen-bond acceptors (Lipinski definition) is 3. The second kappa shape index (κ2) is 8.72. The van der Waals surface area contributed by atoms with Crippen molar-refractivity contribution in [2.24, 2.45) is 0 Å². The average Bonchev–Trinajstić information content (AvgIpc) is 2.58. The number of halogens is 3. The van der Waals surface area contributed by atoms with Crippen LogP contribution in [0.5, 0.6) is 5.75 Å². The number of alkyl halides is 3. The molecule has 0 saturated heterocycles. The van der Waals surface area contributed by atoms with E-state index in [1.54, 1.807) is 11.8 Å². The molecule has 0 N–H and O–H groups in total. The lowest BCUT2D eigenvalue weighted by Gasteiger charge is -2.09. The van der Waals surface area contributed by atoms with Crippen molar-refractivity contribution in [2.45, 2.75) is 22.9 Å². The third-order valence-corrected chi connectivity index (χ3v) is 5.64. The Morgan fingerprint density at radius 2 is 1.60 bits per heavy atom. The fraction of sp³-hybridized carbons (Fsp3) is 0.211. The van der Waals surface area contributed by atoms with E-state index in [0.717, 1.165) is 38.8 Å². The molecule has 0 aliphatic carbocycles. The van der Waals surface area contributed by atoms with Gasteiger partial charge in [0.2, 0.25) is 0 Å². The van der Waals surface area contributed by atoms with E-state index in [1.165, 1.54) is 23.9 Å². The minimum Gasteiger partial charge on any atom is -0.482 e. The van der Waals surface area contributed by atoms with Gasteiger partial charge in [0.25, 0.3) is 0 Å². The zero-order valence-electron chi connectivity index (χ0n) is 13.6. The van der Waals surface area contributed by atoms with E-state index in [2.05, 4.69) is 6.58 Å². The monoisotopic (exact) mass is 382 g/mol. The number of hydrogen-bond donors (Lipinski definition) is 0. The summed E-state index contributed by atoms with van der Waals surface area (Å²) in [5.41, 5.74) is 1.33. The van der Waals surface area contributed by atoms with E-state index in [-0.39, 0.29) is 0 Å². The van der Waals surface area contributed by atoms with Gasteiger partial charge in [-0.3, -0.25) is 0 Å². The van der Waals surface area contributed by atoms with E-state index in [0.29, 0.717) is 11.5 Å². The van der Waals surface area contributed by atoms with Gasteiger partial charge in [0.15, 0.2) is 7.11 Å². The molecule has 0 aromatic heterocycles. The maximum absolute atomic E-state index is 12.5. The molecule has 1 nitrogen and oxygen atoms in total. The molecule has 6 heteroatoms. The van der Waals surface area contributed by atoms with Gasteiger partial charge in [-0.1, -0.05) is 12.2 Å².